The monoisotopic (exact) mass is 224 g/mol. The summed E-state index contributed by atoms with van der Waals surface area (Å²) in [5.41, 5.74) is 10.1. The van der Waals surface area contributed by atoms with Crippen LogP contribution in [0.3, 0.4) is 0 Å². The summed E-state index contributed by atoms with van der Waals surface area (Å²) in [5.74, 6) is -1.43. The number of nitrogens with one attached hydrogen (secondary N) is 1. The fourth-order valence-corrected chi connectivity index (χ4v) is 0.934. The molecule has 0 radical (unpaired) electrons. The molecule has 0 aliphatic carbocycles. The molecule has 0 aromatic heterocycles. The van der Waals surface area contributed by atoms with E-state index in [1.165, 1.54) is 0 Å². The van der Waals surface area contributed by atoms with Gasteiger partial charge < -0.3 is 16.6 Å². The summed E-state index contributed by atoms with van der Waals surface area (Å²) in [6, 6.07) is -1.28. The van der Waals surface area contributed by atoms with E-state index in [1.54, 1.807) is 5.32 Å². The van der Waals surface area contributed by atoms with Crippen molar-refractivity contribution in [3.05, 3.63) is 0 Å². The smallest absolute Gasteiger partial charge is 0.320 e. The van der Waals surface area contributed by atoms with E-state index in [9.17, 15) is 13.6 Å². The lowest BCUT2D eigenvalue weighted by Gasteiger charge is -2.12. The average molecular weight is 224 g/mol. The Morgan fingerprint density at radius 3 is 2.47 bits per heavy atom. The summed E-state index contributed by atoms with van der Waals surface area (Å²) in [6.07, 6.45) is 0.352. The Kier molecular flexibility index (Phi) is 6.27. The van der Waals surface area contributed by atoms with Gasteiger partial charge in [0.1, 0.15) is 6.04 Å². The maximum Gasteiger partial charge on any atom is 0.320 e. The number of nitrogens with zero attached hydrogens (tertiary/aromatic N) is 1. The van der Waals surface area contributed by atoms with Gasteiger partial charge in [0.2, 0.25) is 0 Å². The molecule has 88 valence electrons. The molecule has 0 fully saturated rings. The number of carboxylic acids is 1. The third-order valence-electron chi connectivity index (χ3n) is 1.57. The number of carbonyl (C=O) groups is 1. The largest absolute Gasteiger partial charge is 0.480 e. The van der Waals surface area contributed by atoms with E-state index in [0.29, 0.717) is 6.42 Å². The molecule has 6 N–H and O–H groups in total. The molecule has 0 heterocycles. The fraction of sp³-hybridized carbons (Fsp3) is 0.714. The summed E-state index contributed by atoms with van der Waals surface area (Å²) in [5, 5.41) is 10.2. The van der Waals surface area contributed by atoms with E-state index in [2.05, 4.69) is 4.99 Å². The second kappa shape index (κ2) is 6.93. The van der Waals surface area contributed by atoms with Crippen LogP contribution in [0.4, 0.5) is 8.78 Å². The van der Waals surface area contributed by atoms with Crippen LogP contribution in [0.1, 0.15) is 12.8 Å². The number of hydrogen-bond acceptors (Lipinski definition) is 3. The lowest BCUT2D eigenvalue weighted by Crippen LogP contribution is -2.39. The van der Waals surface area contributed by atoms with Crippen LogP contribution in [0.15, 0.2) is 4.99 Å². The van der Waals surface area contributed by atoms with Gasteiger partial charge in [-0.05, 0) is 12.8 Å². The molecule has 0 bridgehead atoms. The van der Waals surface area contributed by atoms with Gasteiger partial charge in [0.25, 0.3) is 6.55 Å². The minimum atomic E-state index is -2.85. The Bertz CT molecular complexity index is 231. The molecule has 15 heavy (non-hydrogen) atoms. The Morgan fingerprint density at radius 1 is 1.47 bits per heavy atom. The maximum atomic E-state index is 11.8. The van der Waals surface area contributed by atoms with Crippen molar-refractivity contribution < 1.29 is 18.7 Å². The van der Waals surface area contributed by atoms with Crippen LogP contribution in [0, 0.1) is 0 Å². The second-order valence-corrected chi connectivity index (χ2v) is 2.81. The van der Waals surface area contributed by atoms with Crippen molar-refractivity contribution in [3.8, 4) is 0 Å². The molecule has 0 spiro atoms. The van der Waals surface area contributed by atoms with Crippen molar-refractivity contribution in [1.82, 2.24) is 5.32 Å². The molecule has 8 heteroatoms. The first kappa shape index (κ1) is 13.6. The Balaban J connectivity index is 3.87. The lowest BCUT2D eigenvalue weighted by molar-refractivity contribution is -0.141. The van der Waals surface area contributed by atoms with Crippen LogP contribution >= 0.6 is 0 Å². The highest BCUT2D eigenvalue weighted by molar-refractivity contribution is 5.75. The first-order valence-electron chi connectivity index (χ1n) is 4.26. The van der Waals surface area contributed by atoms with E-state index in [4.69, 9.17) is 16.6 Å². The Hall–Kier alpha value is -1.44. The van der Waals surface area contributed by atoms with Crippen molar-refractivity contribution in [2.24, 2.45) is 16.5 Å². The SMILES string of the molecule is NC(N)=NCCC[C@H](NC(F)F)C(=O)O. The van der Waals surface area contributed by atoms with Gasteiger partial charge in [-0.2, -0.15) is 8.78 Å². The number of nitrogens with two attached hydrogens (primary N) is 2. The van der Waals surface area contributed by atoms with Crippen LogP contribution in [0.25, 0.3) is 0 Å². The molecule has 6 nitrogen and oxygen atoms in total. The average Bonchev–Trinajstić information content (AvgIpc) is 2.08. The number of carboxylic acid groups (broad SMARTS) is 1. The predicted molar refractivity (Wildman–Crippen MR) is 50.5 cm³/mol. The van der Waals surface area contributed by atoms with Crippen LogP contribution in [-0.4, -0.2) is 36.2 Å². The number of aliphatic imine (C=N–C) groups is 1. The third-order valence-corrected chi connectivity index (χ3v) is 1.57. The van der Waals surface area contributed by atoms with Crippen LogP contribution < -0.4 is 16.8 Å². The quantitative estimate of drug-likeness (QED) is 0.198. The van der Waals surface area contributed by atoms with E-state index < -0.39 is 18.6 Å². The van der Waals surface area contributed by atoms with E-state index in [1.807, 2.05) is 0 Å². The maximum absolute atomic E-state index is 11.8. The number of guanidine groups is 1. The minimum absolute atomic E-state index is 0.0381. The molecule has 0 unspecified atom stereocenters. The van der Waals surface area contributed by atoms with Gasteiger partial charge in [0, 0.05) is 6.54 Å². The van der Waals surface area contributed by atoms with Crippen LogP contribution in [0.5, 0.6) is 0 Å². The normalized spacial score (nSPS) is 12.5. The van der Waals surface area contributed by atoms with Crippen molar-refractivity contribution in [1.29, 1.82) is 0 Å². The molecule has 0 saturated heterocycles. The first-order chi connectivity index (χ1) is 6.93. The molecule has 0 aromatic carbocycles. The molecular weight excluding hydrogens is 210 g/mol. The molecule has 0 rings (SSSR count). The van der Waals surface area contributed by atoms with Crippen molar-refractivity contribution in [3.63, 3.8) is 0 Å². The van der Waals surface area contributed by atoms with Gasteiger partial charge >= 0.3 is 5.97 Å². The van der Waals surface area contributed by atoms with Crippen molar-refractivity contribution in [2.45, 2.75) is 25.4 Å². The summed E-state index contributed by atoms with van der Waals surface area (Å²) < 4.78 is 23.7. The molecule has 0 aliphatic heterocycles. The van der Waals surface area contributed by atoms with Gasteiger partial charge in [-0.15, -0.1) is 0 Å². The third kappa shape index (κ3) is 7.62. The predicted octanol–water partition coefficient (Wildman–Crippen LogP) is -0.695. The van der Waals surface area contributed by atoms with E-state index in [-0.39, 0.29) is 18.9 Å². The van der Waals surface area contributed by atoms with Gasteiger partial charge in [-0.1, -0.05) is 0 Å². The Labute approximate surface area is 85.3 Å². The van der Waals surface area contributed by atoms with E-state index in [0.717, 1.165) is 0 Å². The van der Waals surface area contributed by atoms with Gasteiger partial charge in [-0.3, -0.25) is 9.79 Å². The van der Waals surface area contributed by atoms with Crippen LogP contribution in [-0.2, 0) is 4.79 Å². The lowest BCUT2D eigenvalue weighted by atomic mass is 10.1. The zero-order chi connectivity index (χ0) is 11.8. The van der Waals surface area contributed by atoms with E-state index >= 15 is 0 Å². The summed E-state index contributed by atoms with van der Waals surface area (Å²) in [6.45, 7) is -2.63. The Morgan fingerprint density at radius 2 is 2.07 bits per heavy atom. The molecule has 1 atom stereocenters. The highest BCUT2D eigenvalue weighted by Gasteiger charge is 2.19. The zero-order valence-electron chi connectivity index (χ0n) is 7.99. The molecule has 0 saturated carbocycles. The topological polar surface area (TPSA) is 114 Å². The van der Waals surface area contributed by atoms with Gasteiger partial charge in [0.05, 0.1) is 0 Å². The molecular formula is C7H14F2N4O2. The highest BCUT2D eigenvalue weighted by Crippen LogP contribution is 2.01. The highest BCUT2D eigenvalue weighted by atomic mass is 19.3. The summed E-state index contributed by atoms with van der Waals surface area (Å²) in [7, 11) is 0. The van der Waals surface area contributed by atoms with Crippen LogP contribution in [0.2, 0.25) is 0 Å². The van der Waals surface area contributed by atoms with Crippen molar-refractivity contribution in [2.75, 3.05) is 6.54 Å². The number of halogens is 2. The fourth-order valence-electron chi connectivity index (χ4n) is 0.934. The van der Waals surface area contributed by atoms with Gasteiger partial charge in [0.15, 0.2) is 5.96 Å². The van der Waals surface area contributed by atoms with Crippen molar-refractivity contribution >= 4 is 11.9 Å². The summed E-state index contributed by atoms with van der Waals surface area (Å²) >= 11 is 0. The number of rotatable bonds is 7. The number of hydrogen-bond donors (Lipinski definition) is 4. The molecule has 0 aromatic rings. The number of alkyl halides is 2. The second-order valence-electron chi connectivity index (χ2n) is 2.81. The number of aliphatic carboxylic acids is 1. The van der Waals surface area contributed by atoms with Gasteiger partial charge in [-0.25, -0.2) is 5.32 Å². The molecule has 0 aliphatic rings. The standard InChI is InChI=1S/C7H14F2N4O2/c8-6(9)13-4(5(14)15)2-1-3-12-7(10)11/h4,6,13H,1-3H2,(H,14,15)(H4,10,11,12)/t4-/m0/s1. The molecule has 0 amide bonds. The minimum Gasteiger partial charge on any atom is -0.480 e. The zero-order valence-corrected chi connectivity index (χ0v) is 7.99. The summed E-state index contributed by atoms with van der Waals surface area (Å²) in [4.78, 5) is 14.1. The first-order valence-corrected chi connectivity index (χ1v) is 4.26.